The minimum absolute atomic E-state index is 0.135. The molecule has 0 unspecified atom stereocenters. The van der Waals surface area contributed by atoms with Crippen LogP contribution in [-0.4, -0.2) is 22.2 Å². The lowest BCUT2D eigenvalue weighted by molar-refractivity contribution is 0.0953. The number of carbonyl (C=O) groups excluding carboxylic acids is 1. The lowest BCUT2D eigenvalue weighted by Gasteiger charge is -2.09. The zero-order valence-corrected chi connectivity index (χ0v) is 15.0. The van der Waals surface area contributed by atoms with E-state index < -0.39 is 0 Å². The van der Waals surface area contributed by atoms with Crippen LogP contribution in [0.2, 0.25) is 0 Å². The summed E-state index contributed by atoms with van der Waals surface area (Å²) in [6.07, 6.45) is 3.01. The number of carbonyl (C=O) groups is 1. The molecule has 1 N–H and O–H groups in total. The van der Waals surface area contributed by atoms with E-state index in [9.17, 15) is 9.18 Å². The molecule has 1 heterocycles. The highest BCUT2D eigenvalue weighted by Crippen LogP contribution is 2.16. The second kappa shape index (κ2) is 7.95. The normalized spacial score (nSPS) is 10.7. The van der Waals surface area contributed by atoms with Crippen LogP contribution in [0.25, 0.3) is 5.69 Å². The average Bonchev–Trinajstić information content (AvgIpc) is 3.08. The molecule has 26 heavy (non-hydrogen) atoms. The van der Waals surface area contributed by atoms with Crippen LogP contribution >= 0.6 is 0 Å². The number of hydrogen-bond donors (Lipinski definition) is 1. The number of halogens is 1. The highest BCUT2D eigenvalue weighted by atomic mass is 19.1. The third-order valence-electron chi connectivity index (χ3n) is 4.46. The summed E-state index contributed by atoms with van der Waals surface area (Å²) in [7, 11) is 0. The Bertz CT molecular complexity index is 900. The number of nitrogens with one attached hydrogen (secondary N) is 1. The van der Waals surface area contributed by atoms with E-state index in [2.05, 4.69) is 29.5 Å². The zero-order chi connectivity index (χ0) is 18.5. The molecular formula is C21H22FN3O. The molecule has 5 heteroatoms. The predicted molar refractivity (Wildman–Crippen MR) is 100 cm³/mol. The Morgan fingerprint density at radius 1 is 1.15 bits per heavy atom. The van der Waals surface area contributed by atoms with Gasteiger partial charge in [-0.25, -0.2) is 9.07 Å². The van der Waals surface area contributed by atoms with Crippen molar-refractivity contribution >= 4 is 5.91 Å². The Balaban J connectivity index is 1.71. The van der Waals surface area contributed by atoms with Gasteiger partial charge in [0.25, 0.3) is 5.91 Å². The van der Waals surface area contributed by atoms with Gasteiger partial charge in [0, 0.05) is 6.54 Å². The van der Waals surface area contributed by atoms with Gasteiger partial charge in [-0.1, -0.05) is 31.2 Å². The summed E-state index contributed by atoms with van der Waals surface area (Å²) < 4.78 is 14.8. The number of aryl methyl sites for hydroxylation is 1. The molecule has 1 amide bonds. The van der Waals surface area contributed by atoms with E-state index >= 15 is 0 Å². The van der Waals surface area contributed by atoms with Gasteiger partial charge in [-0.15, -0.1) is 0 Å². The maximum atomic E-state index is 13.1. The Hall–Kier alpha value is -2.95. The summed E-state index contributed by atoms with van der Waals surface area (Å²) in [5.41, 5.74) is 4.56. The standard InChI is InChI=1S/C21H22FN3O/c1-3-20-19(14-24-25(20)18-10-8-17(22)9-11-18)21(26)23-13-12-16-7-5-4-6-15(16)2/h4-11,14H,3,12-13H2,1-2H3,(H,23,26). The van der Waals surface area contributed by atoms with E-state index in [0.717, 1.165) is 17.8 Å². The molecule has 4 nitrogen and oxygen atoms in total. The molecule has 0 spiro atoms. The quantitative estimate of drug-likeness (QED) is 0.733. The van der Waals surface area contributed by atoms with Crippen LogP contribution in [0.15, 0.2) is 54.7 Å². The third kappa shape index (κ3) is 3.82. The van der Waals surface area contributed by atoms with Gasteiger partial charge in [-0.3, -0.25) is 4.79 Å². The van der Waals surface area contributed by atoms with Crippen molar-refractivity contribution in [1.29, 1.82) is 0 Å². The molecule has 0 saturated heterocycles. The molecule has 1 aromatic heterocycles. The van der Waals surface area contributed by atoms with Gasteiger partial charge in [0.15, 0.2) is 0 Å². The summed E-state index contributed by atoms with van der Waals surface area (Å²) >= 11 is 0. The van der Waals surface area contributed by atoms with E-state index in [-0.39, 0.29) is 11.7 Å². The van der Waals surface area contributed by atoms with Crippen molar-refractivity contribution in [2.75, 3.05) is 6.54 Å². The number of hydrogen-bond acceptors (Lipinski definition) is 2. The highest BCUT2D eigenvalue weighted by Gasteiger charge is 2.17. The summed E-state index contributed by atoms with van der Waals surface area (Å²) in [5.74, 6) is -0.433. The number of nitrogens with zero attached hydrogens (tertiary/aromatic N) is 2. The Kier molecular flexibility index (Phi) is 5.46. The largest absolute Gasteiger partial charge is 0.352 e. The van der Waals surface area contributed by atoms with Gasteiger partial charge in [0.2, 0.25) is 0 Å². The van der Waals surface area contributed by atoms with Gasteiger partial charge < -0.3 is 5.32 Å². The molecule has 3 aromatic rings. The van der Waals surface area contributed by atoms with Crippen LogP contribution in [0.5, 0.6) is 0 Å². The second-order valence-electron chi connectivity index (χ2n) is 6.18. The first-order valence-corrected chi connectivity index (χ1v) is 8.75. The van der Waals surface area contributed by atoms with Gasteiger partial charge in [0.05, 0.1) is 23.1 Å². The van der Waals surface area contributed by atoms with Gasteiger partial charge >= 0.3 is 0 Å². The minimum atomic E-state index is -0.298. The minimum Gasteiger partial charge on any atom is -0.352 e. The topological polar surface area (TPSA) is 46.9 Å². The summed E-state index contributed by atoms with van der Waals surface area (Å²) in [5, 5.41) is 7.29. The smallest absolute Gasteiger partial charge is 0.254 e. The fraction of sp³-hybridized carbons (Fsp3) is 0.238. The maximum absolute atomic E-state index is 13.1. The number of rotatable bonds is 6. The lowest BCUT2D eigenvalue weighted by Crippen LogP contribution is -2.26. The average molecular weight is 351 g/mol. The first-order valence-electron chi connectivity index (χ1n) is 8.75. The van der Waals surface area contributed by atoms with Crippen molar-refractivity contribution in [2.45, 2.75) is 26.7 Å². The van der Waals surface area contributed by atoms with E-state index in [1.807, 2.05) is 19.1 Å². The fourth-order valence-corrected chi connectivity index (χ4v) is 3.00. The first-order chi connectivity index (χ1) is 12.6. The van der Waals surface area contributed by atoms with Crippen molar-refractivity contribution in [1.82, 2.24) is 15.1 Å². The van der Waals surface area contributed by atoms with Gasteiger partial charge in [-0.2, -0.15) is 5.10 Å². The number of benzene rings is 2. The van der Waals surface area contributed by atoms with E-state index in [1.165, 1.54) is 23.3 Å². The molecule has 0 aliphatic carbocycles. The molecule has 0 aliphatic heterocycles. The molecular weight excluding hydrogens is 329 g/mol. The van der Waals surface area contributed by atoms with Crippen molar-refractivity contribution in [3.8, 4) is 5.69 Å². The molecule has 3 rings (SSSR count). The molecule has 0 fully saturated rings. The Morgan fingerprint density at radius 3 is 2.58 bits per heavy atom. The molecule has 2 aromatic carbocycles. The summed E-state index contributed by atoms with van der Waals surface area (Å²) in [6.45, 7) is 4.61. The summed E-state index contributed by atoms with van der Waals surface area (Å²) in [6, 6.07) is 14.2. The molecule has 0 saturated carbocycles. The van der Waals surface area contributed by atoms with Crippen LogP contribution in [-0.2, 0) is 12.8 Å². The van der Waals surface area contributed by atoms with Crippen LogP contribution in [0, 0.1) is 12.7 Å². The summed E-state index contributed by atoms with van der Waals surface area (Å²) in [4.78, 5) is 12.6. The fourth-order valence-electron chi connectivity index (χ4n) is 3.00. The van der Waals surface area contributed by atoms with E-state index in [0.29, 0.717) is 18.5 Å². The number of amides is 1. The Labute approximate surface area is 152 Å². The predicted octanol–water partition coefficient (Wildman–Crippen LogP) is 3.85. The van der Waals surface area contributed by atoms with Crippen LogP contribution in [0.3, 0.4) is 0 Å². The number of aromatic nitrogens is 2. The SMILES string of the molecule is CCc1c(C(=O)NCCc2ccccc2C)cnn1-c1ccc(F)cc1. The molecule has 0 aliphatic rings. The van der Waals surface area contributed by atoms with Gasteiger partial charge in [-0.05, 0) is 55.2 Å². The van der Waals surface area contributed by atoms with Crippen LogP contribution < -0.4 is 5.32 Å². The Morgan fingerprint density at radius 2 is 1.88 bits per heavy atom. The van der Waals surface area contributed by atoms with Crippen molar-refractivity contribution in [3.05, 3.63) is 82.9 Å². The molecule has 0 bridgehead atoms. The van der Waals surface area contributed by atoms with Crippen molar-refractivity contribution in [3.63, 3.8) is 0 Å². The lowest BCUT2D eigenvalue weighted by atomic mass is 10.1. The van der Waals surface area contributed by atoms with Crippen molar-refractivity contribution in [2.24, 2.45) is 0 Å². The van der Waals surface area contributed by atoms with Crippen LogP contribution in [0.4, 0.5) is 4.39 Å². The molecule has 0 radical (unpaired) electrons. The third-order valence-corrected chi connectivity index (χ3v) is 4.46. The second-order valence-corrected chi connectivity index (χ2v) is 6.18. The molecule has 0 atom stereocenters. The first kappa shape index (κ1) is 17.9. The zero-order valence-electron chi connectivity index (χ0n) is 15.0. The molecule has 134 valence electrons. The van der Waals surface area contributed by atoms with Crippen LogP contribution in [0.1, 0.15) is 34.1 Å². The highest BCUT2D eigenvalue weighted by molar-refractivity contribution is 5.95. The monoisotopic (exact) mass is 351 g/mol. The maximum Gasteiger partial charge on any atom is 0.254 e. The van der Waals surface area contributed by atoms with Gasteiger partial charge in [0.1, 0.15) is 5.82 Å². The van der Waals surface area contributed by atoms with E-state index in [4.69, 9.17) is 0 Å². The van der Waals surface area contributed by atoms with E-state index in [1.54, 1.807) is 23.0 Å². The van der Waals surface area contributed by atoms with Crippen molar-refractivity contribution < 1.29 is 9.18 Å².